The Hall–Kier alpha value is -1.25. The number of halogens is 2. The van der Waals surface area contributed by atoms with Gasteiger partial charge in [0.25, 0.3) is 5.69 Å². The topological polar surface area (TPSA) is 73.6 Å². The summed E-state index contributed by atoms with van der Waals surface area (Å²) in [6, 6.07) is 2.22. The van der Waals surface area contributed by atoms with Crippen molar-refractivity contribution in [3.8, 4) is 0 Å². The molecule has 0 spiro atoms. The molecule has 104 valence electrons. The lowest BCUT2D eigenvalue weighted by Gasteiger charge is -2.23. The van der Waals surface area contributed by atoms with Gasteiger partial charge in [0.05, 0.1) is 35.3 Å². The van der Waals surface area contributed by atoms with E-state index in [-0.39, 0.29) is 22.0 Å². The Morgan fingerprint density at radius 2 is 2.32 bits per heavy atom. The third-order valence-electron chi connectivity index (χ3n) is 2.64. The first-order valence-corrected chi connectivity index (χ1v) is 6.44. The summed E-state index contributed by atoms with van der Waals surface area (Å²) in [7, 11) is 0. The summed E-state index contributed by atoms with van der Waals surface area (Å²) in [4.78, 5) is 10.3. The van der Waals surface area contributed by atoms with Gasteiger partial charge in [-0.3, -0.25) is 10.1 Å². The molecule has 8 heteroatoms. The van der Waals surface area contributed by atoms with Gasteiger partial charge in [0.15, 0.2) is 0 Å². The molecular formula is C11H12BrFN2O4. The van der Waals surface area contributed by atoms with E-state index < -0.39 is 10.7 Å². The molecule has 0 bridgehead atoms. The van der Waals surface area contributed by atoms with Gasteiger partial charge in [-0.1, -0.05) is 0 Å². The van der Waals surface area contributed by atoms with Gasteiger partial charge in [0, 0.05) is 18.7 Å². The van der Waals surface area contributed by atoms with E-state index in [1.54, 1.807) is 0 Å². The predicted octanol–water partition coefficient (Wildman–Crippen LogP) is 2.32. The Kier molecular flexibility index (Phi) is 4.67. The van der Waals surface area contributed by atoms with E-state index in [0.717, 1.165) is 12.1 Å². The van der Waals surface area contributed by atoms with Crippen molar-refractivity contribution in [1.82, 2.24) is 0 Å². The zero-order valence-corrected chi connectivity index (χ0v) is 11.5. The van der Waals surface area contributed by atoms with Crippen LogP contribution >= 0.6 is 15.9 Å². The first kappa shape index (κ1) is 14.2. The van der Waals surface area contributed by atoms with E-state index in [1.165, 1.54) is 0 Å². The molecule has 1 aliphatic heterocycles. The zero-order chi connectivity index (χ0) is 13.8. The molecule has 0 radical (unpaired) electrons. The van der Waals surface area contributed by atoms with Crippen molar-refractivity contribution >= 4 is 27.3 Å². The lowest BCUT2D eigenvalue weighted by atomic mass is 10.2. The molecule has 0 aromatic heterocycles. The monoisotopic (exact) mass is 334 g/mol. The van der Waals surface area contributed by atoms with Crippen LogP contribution in [-0.2, 0) is 9.47 Å². The molecule has 1 atom stereocenters. The second-order valence-corrected chi connectivity index (χ2v) is 4.84. The van der Waals surface area contributed by atoms with E-state index in [0.29, 0.717) is 26.4 Å². The summed E-state index contributed by atoms with van der Waals surface area (Å²) in [6.45, 7) is 1.77. The van der Waals surface area contributed by atoms with Crippen LogP contribution in [0.1, 0.15) is 0 Å². The largest absolute Gasteiger partial charge is 0.377 e. The Bertz CT molecular complexity index is 480. The molecule has 1 fully saturated rings. The molecular weight excluding hydrogens is 323 g/mol. The van der Waals surface area contributed by atoms with Gasteiger partial charge >= 0.3 is 0 Å². The zero-order valence-electron chi connectivity index (χ0n) is 9.90. The van der Waals surface area contributed by atoms with Crippen molar-refractivity contribution in [2.24, 2.45) is 0 Å². The molecule has 1 N–H and O–H groups in total. The molecule has 1 aliphatic rings. The molecule has 0 saturated carbocycles. The quantitative estimate of drug-likeness (QED) is 0.675. The molecule has 1 unspecified atom stereocenters. The SMILES string of the molecule is O=[N+]([O-])c1cc(Br)c(F)cc1NCC1COCCO1. The number of hydrogen-bond acceptors (Lipinski definition) is 5. The van der Waals surface area contributed by atoms with Crippen molar-refractivity contribution in [3.05, 3.63) is 32.5 Å². The van der Waals surface area contributed by atoms with Crippen LogP contribution in [-0.4, -0.2) is 37.4 Å². The Balaban J connectivity index is 2.09. The minimum Gasteiger partial charge on any atom is -0.377 e. The van der Waals surface area contributed by atoms with Crippen LogP contribution in [0, 0.1) is 15.9 Å². The van der Waals surface area contributed by atoms with E-state index >= 15 is 0 Å². The minimum atomic E-state index is -0.565. The van der Waals surface area contributed by atoms with E-state index in [1.807, 2.05) is 0 Å². The first-order valence-electron chi connectivity index (χ1n) is 5.64. The molecule has 6 nitrogen and oxygen atoms in total. The molecule has 0 aliphatic carbocycles. The normalized spacial score (nSPS) is 19.2. The fourth-order valence-corrected chi connectivity index (χ4v) is 2.04. The number of nitrogens with zero attached hydrogens (tertiary/aromatic N) is 1. The van der Waals surface area contributed by atoms with Crippen LogP contribution in [0.5, 0.6) is 0 Å². The summed E-state index contributed by atoms with van der Waals surface area (Å²) in [5.41, 5.74) is -0.0649. The second-order valence-electron chi connectivity index (χ2n) is 3.99. The van der Waals surface area contributed by atoms with Crippen LogP contribution in [0.2, 0.25) is 0 Å². The fraction of sp³-hybridized carbons (Fsp3) is 0.455. The summed E-state index contributed by atoms with van der Waals surface area (Å²) in [5, 5.41) is 13.7. The molecule has 1 saturated heterocycles. The highest BCUT2D eigenvalue weighted by Gasteiger charge is 2.20. The minimum absolute atomic E-state index is 0.0574. The number of nitro groups is 1. The average molecular weight is 335 g/mol. The number of ether oxygens (including phenoxy) is 2. The maximum Gasteiger partial charge on any atom is 0.293 e. The fourth-order valence-electron chi connectivity index (χ4n) is 1.71. The summed E-state index contributed by atoms with van der Waals surface area (Å²) in [5.74, 6) is -0.561. The number of anilines is 1. The van der Waals surface area contributed by atoms with Gasteiger partial charge in [-0.2, -0.15) is 0 Å². The molecule has 1 aromatic carbocycles. The first-order chi connectivity index (χ1) is 9.08. The number of hydrogen-bond donors (Lipinski definition) is 1. The van der Waals surface area contributed by atoms with Crippen LogP contribution in [0.3, 0.4) is 0 Å². The number of rotatable bonds is 4. The van der Waals surface area contributed by atoms with Crippen LogP contribution in [0.15, 0.2) is 16.6 Å². The summed E-state index contributed by atoms with van der Waals surface area (Å²) < 4.78 is 24.1. The van der Waals surface area contributed by atoms with E-state index in [4.69, 9.17) is 9.47 Å². The van der Waals surface area contributed by atoms with Gasteiger partial charge in [0.2, 0.25) is 0 Å². The maximum absolute atomic E-state index is 13.4. The van der Waals surface area contributed by atoms with Gasteiger partial charge in [-0.25, -0.2) is 4.39 Å². The number of nitrogens with one attached hydrogen (secondary N) is 1. The highest BCUT2D eigenvalue weighted by Crippen LogP contribution is 2.30. The Morgan fingerprint density at radius 3 is 2.95 bits per heavy atom. The molecule has 1 heterocycles. The van der Waals surface area contributed by atoms with Crippen molar-refractivity contribution in [3.63, 3.8) is 0 Å². The molecule has 0 amide bonds. The van der Waals surface area contributed by atoms with Crippen molar-refractivity contribution in [1.29, 1.82) is 0 Å². The van der Waals surface area contributed by atoms with Gasteiger partial charge < -0.3 is 14.8 Å². The van der Waals surface area contributed by atoms with Crippen molar-refractivity contribution < 1.29 is 18.8 Å². The summed E-state index contributed by atoms with van der Waals surface area (Å²) in [6.07, 6.45) is -0.194. The van der Waals surface area contributed by atoms with Gasteiger partial charge in [-0.05, 0) is 15.9 Å². The van der Waals surface area contributed by atoms with Crippen molar-refractivity contribution in [2.45, 2.75) is 6.10 Å². The summed E-state index contributed by atoms with van der Waals surface area (Å²) >= 11 is 2.92. The molecule has 19 heavy (non-hydrogen) atoms. The van der Waals surface area contributed by atoms with Gasteiger partial charge in [-0.15, -0.1) is 0 Å². The Labute approximate surface area is 117 Å². The number of benzene rings is 1. The molecule has 1 aromatic rings. The average Bonchev–Trinajstić information content (AvgIpc) is 2.40. The van der Waals surface area contributed by atoms with Gasteiger partial charge in [0.1, 0.15) is 11.5 Å². The van der Waals surface area contributed by atoms with Crippen LogP contribution in [0.4, 0.5) is 15.8 Å². The van der Waals surface area contributed by atoms with E-state index in [9.17, 15) is 14.5 Å². The second kappa shape index (κ2) is 6.27. The lowest BCUT2D eigenvalue weighted by molar-refractivity contribution is -0.384. The van der Waals surface area contributed by atoms with Crippen LogP contribution < -0.4 is 5.32 Å². The van der Waals surface area contributed by atoms with Crippen molar-refractivity contribution in [2.75, 3.05) is 31.7 Å². The highest BCUT2D eigenvalue weighted by atomic mass is 79.9. The molecule has 2 rings (SSSR count). The third-order valence-corrected chi connectivity index (χ3v) is 3.25. The Morgan fingerprint density at radius 1 is 1.53 bits per heavy atom. The standard InChI is InChI=1S/C11H12BrFN2O4/c12-8-3-11(15(16)17)10(4-9(8)13)14-5-7-6-18-1-2-19-7/h3-4,7,14H,1-2,5-6H2. The number of nitro benzene ring substituents is 1. The van der Waals surface area contributed by atoms with E-state index in [2.05, 4.69) is 21.2 Å². The lowest BCUT2D eigenvalue weighted by Crippen LogP contribution is -2.34. The third kappa shape index (κ3) is 3.62. The maximum atomic E-state index is 13.4. The predicted molar refractivity (Wildman–Crippen MR) is 69.8 cm³/mol. The van der Waals surface area contributed by atoms with Crippen LogP contribution in [0.25, 0.3) is 0 Å². The highest BCUT2D eigenvalue weighted by molar-refractivity contribution is 9.10. The smallest absolute Gasteiger partial charge is 0.293 e.